The van der Waals surface area contributed by atoms with Gasteiger partial charge in [0.25, 0.3) is 0 Å². The molecular weight excluding hydrogens is 130 g/mol. The van der Waals surface area contributed by atoms with Crippen LogP contribution in [0.3, 0.4) is 0 Å². The van der Waals surface area contributed by atoms with Crippen molar-refractivity contribution in [3.63, 3.8) is 0 Å². The first kappa shape index (κ1) is 9.14. The van der Waals surface area contributed by atoms with Crippen LogP contribution in [0.4, 0.5) is 0 Å². The van der Waals surface area contributed by atoms with Gasteiger partial charge in [0.05, 0.1) is 0 Å². The molecule has 0 spiro atoms. The summed E-state index contributed by atoms with van der Waals surface area (Å²) >= 11 is 0. The second kappa shape index (κ2) is 3.34. The summed E-state index contributed by atoms with van der Waals surface area (Å²) in [6, 6.07) is 0. The number of carbonyl (C=O) groups excluding carboxylic acids is 2. The molecule has 0 rings (SSSR count). The van der Waals surface area contributed by atoms with Gasteiger partial charge in [0, 0.05) is 11.8 Å². The van der Waals surface area contributed by atoms with Crippen molar-refractivity contribution in [2.24, 2.45) is 11.1 Å². The zero-order valence-electron chi connectivity index (χ0n) is 6.39. The molecule has 3 nitrogen and oxygen atoms in total. The Hall–Kier alpha value is -0.860. The second-order valence-electron chi connectivity index (χ2n) is 2.77. The number of hydrogen-bond donors (Lipinski definition) is 1. The summed E-state index contributed by atoms with van der Waals surface area (Å²) in [5.74, 6) is -0.420. The molecule has 0 saturated carbocycles. The molecule has 0 aromatic heterocycles. The summed E-state index contributed by atoms with van der Waals surface area (Å²) in [5, 5.41) is 0. The second-order valence-corrected chi connectivity index (χ2v) is 2.77. The van der Waals surface area contributed by atoms with E-state index >= 15 is 0 Å². The Kier molecular flexibility index (Phi) is 3.06. The van der Waals surface area contributed by atoms with E-state index in [9.17, 15) is 9.59 Å². The van der Waals surface area contributed by atoms with E-state index in [4.69, 9.17) is 5.73 Å². The fraction of sp³-hybridized carbons (Fsp3) is 0.714. The van der Waals surface area contributed by atoms with Gasteiger partial charge in [-0.1, -0.05) is 13.8 Å². The highest BCUT2D eigenvalue weighted by Gasteiger charge is 2.23. The highest BCUT2D eigenvalue weighted by Crippen LogP contribution is 2.21. The minimum atomic E-state index is -0.550. The first-order valence-electron chi connectivity index (χ1n) is 3.28. The molecule has 1 amide bonds. The lowest BCUT2D eigenvalue weighted by Gasteiger charge is -2.17. The minimum absolute atomic E-state index is 0.146. The summed E-state index contributed by atoms with van der Waals surface area (Å²) < 4.78 is 0. The highest BCUT2D eigenvalue weighted by molar-refractivity contribution is 5.78. The van der Waals surface area contributed by atoms with Gasteiger partial charge < -0.3 is 10.5 Å². The van der Waals surface area contributed by atoms with Crippen molar-refractivity contribution in [3.8, 4) is 0 Å². The van der Waals surface area contributed by atoms with Gasteiger partial charge in [0.2, 0.25) is 5.91 Å². The molecule has 10 heavy (non-hydrogen) atoms. The third-order valence-electron chi connectivity index (χ3n) is 1.67. The zero-order chi connectivity index (χ0) is 8.20. The Morgan fingerprint density at radius 3 is 2.30 bits per heavy atom. The molecule has 2 N–H and O–H groups in total. The molecule has 0 aliphatic heterocycles. The summed E-state index contributed by atoms with van der Waals surface area (Å²) in [4.78, 5) is 20.8. The van der Waals surface area contributed by atoms with Gasteiger partial charge in [0.1, 0.15) is 6.29 Å². The third kappa shape index (κ3) is 2.62. The molecule has 1 atom stereocenters. The van der Waals surface area contributed by atoms with E-state index in [1.807, 2.05) is 6.92 Å². The van der Waals surface area contributed by atoms with Crippen LogP contribution in [0.25, 0.3) is 0 Å². The smallest absolute Gasteiger partial charge is 0.218 e. The van der Waals surface area contributed by atoms with Crippen LogP contribution in [0.15, 0.2) is 0 Å². The predicted octanol–water partition coefficient (Wildman–Crippen LogP) is 0.477. The lowest BCUT2D eigenvalue weighted by molar-refractivity contribution is -0.125. The number of hydrogen-bond acceptors (Lipinski definition) is 2. The maximum absolute atomic E-state index is 10.4. The average molecular weight is 143 g/mol. The van der Waals surface area contributed by atoms with E-state index in [1.54, 1.807) is 6.92 Å². The van der Waals surface area contributed by atoms with Crippen molar-refractivity contribution >= 4 is 12.2 Å². The van der Waals surface area contributed by atoms with Gasteiger partial charge in [0.15, 0.2) is 0 Å². The van der Waals surface area contributed by atoms with Crippen LogP contribution in [-0.4, -0.2) is 12.2 Å². The van der Waals surface area contributed by atoms with Crippen molar-refractivity contribution in [3.05, 3.63) is 0 Å². The zero-order valence-corrected chi connectivity index (χ0v) is 6.39. The van der Waals surface area contributed by atoms with E-state index < -0.39 is 11.3 Å². The van der Waals surface area contributed by atoms with Crippen molar-refractivity contribution in [1.29, 1.82) is 0 Å². The van der Waals surface area contributed by atoms with Crippen molar-refractivity contribution in [1.82, 2.24) is 0 Å². The monoisotopic (exact) mass is 143 g/mol. The van der Waals surface area contributed by atoms with E-state index in [2.05, 4.69) is 0 Å². The summed E-state index contributed by atoms with van der Waals surface area (Å²) in [7, 11) is 0. The topological polar surface area (TPSA) is 60.2 Å². The van der Waals surface area contributed by atoms with Gasteiger partial charge in [-0.25, -0.2) is 0 Å². The van der Waals surface area contributed by atoms with Crippen molar-refractivity contribution < 1.29 is 9.59 Å². The Morgan fingerprint density at radius 2 is 2.20 bits per heavy atom. The first-order chi connectivity index (χ1) is 4.54. The third-order valence-corrected chi connectivity index (χ3v) is 1.67. The maximum Gasteiger partial charge on any atom is 0.218 e. The fourth-order valence-corrected chi connectivity index (χ4v) is 0.648. The molecule has 0 aromatic carbocycles. The largest absolute Gasteiger partial charge is 0.370 e. The molecule has 0 aliphatic carbocycles. The lowest BCUT2D eigenvalue weighted by Crippen LogP contribution is -2.25. The molecule has 0 aromatic rings. The highest BCUT2D eigenvalue weighted by atomic mass is 16.1. The van der Waals surface area contributed by atoms with Crippen molar-refractivity contribution in [2.75, 3.05) is 0 Å². The van der Waals surface area contributed by atoms with Crippen LogP contribution in [0.2, 0.25) is 0 Å². The predicted molar refractivity (Wildman–Crippen MR) is 38.3 cm³/mol. The number of amides is 1. The van der Waals surface area contributed by atoms with Crippen LogP contribution >= 0.6 is 0 Å². The molecule has 3 heteroatoms. The number of carbonyl (C=O) groups is 2. The molecule has 0 aliphatic rings. The van der Waals surface area contributed by atoms with Gasteiger partial charge in [-0.2, -0.15) is 0 Å². The van der Waals surface area contributed by atoms with E-state index in [-0.39, 0.29) is 6.42 Å². The first-order valence-corrected chi connectivity index (χ1v) is 3.28. The normalized spacial score (nSPS) is 15.8. The van der Waals surface area contributed by atoms with Gasteiger partial charge in [-0.3, -0.25) is 4.79 Å². The van der Waals surface area contributed by atoms with Crippen LogP contribution in [0.1, 0.15) is 26.7 Å². The molecule has 0 radical (unpaired) electrons. The fourth-order valence-electron chi connectivity index (χ4n) is 0.648. The summed E-state index contributed by atoms with van der Waals surface area (Å²) in [6.07, 6.45) is 1.59. The van der Waals surface area contributed by atoms with Crippen LogP contribution < -0.4 is 5.73 Å². The van der Waals surface area contributed by atoms with Gasteiger partial charge in [-0.15, -0.1) is 0 Å². The van der Waals surface area contributed by atoms with Crippen molar-refractivity contribution in [2.45, 2.75) is 26.7 Å². The van der Waals surface area contributed by atoms with Gasteiger partial charge >= 0.3 is 0 Å². The number of aldehydes is 1. The lowest BCUT2D eigenvalue weighted by atomic mass is 9.86. The number of rotatable bonds is 4. The van der Waals surface area contributed by atoms with Crippen LogP contribution in [-0.2, 0) is 9.59 Å². The van der Waals surface area contributed by atoms with Gasteiger partial charge in [-0.05, 0) is 6.42 Å². The Morgan fingerprint density at radius 1 is 1.70 bits per heavy atom. The average Bonchev–Trinajstić information content (AvgIpc) is 1.87. The molecule has 0 saturated heterocycles. The Balaban J connectivity index is 4.05. The number of nitrogens with two attached hydrogens (primary N) is 1. The standard InChI is InChI=1S/C7H13NO2/c1-3-7(2,5-9)4-6(8)10/h5H,3-4H2,1-2H3,(H2,8,10). The Bertz CT molecular complexity index is 145. The van der Waals surface area contributed by atoms with Crippen LogP contribution in [0, 0.1) is 5.41 Å². The van der Waals surface area contributed by atoms with E-state index in [0.29, 0.717) is 6.42 Å². The van der Waals surface area contributed by atoms with Crippen LogP contribution in [0.5, 0.6) is 0 Å². The SMILES string of the molecule is CCC(C)(C=O)CC(N)=O. The quantitative estimate of drug-likeness (QED) is 0.582. The molecule has 1 unspecified atom stereocenters. The summed E-state index contributed by atoms with van der Waals surface area (Å²) in [6.45, 7) is 3.59. The number of primary amides is 1. The molecule has 58 valence electrons. The minimum Gasteiger partial charge on any atom is -0.370 e. The molecule has 0 fully saturated rings. The van der Waals surface area contributed by atoms with E-state index in [0.717, 1.165) is 6.29 Å². The molecule has 0 bridgehead atoms. The summed E-state index contributed by atoms with van der Waals surface area (Å²) in [5.41, 5.74) is 4.38. The Labute approximate surface area is 60.6 Å². The molecule has 0 heterocycles. The maximum atomic E-state index is 10.4. The van der Waals surface area contributed by atoms with E-state index in [1.165, 1.54) is 0 Å². The molecular formula is C7H13NO2.